The molecule has 136 valence electrons. The molecule has 0 fully saturated rings. The lowest BCUT2D eigenvalue weighted by molar-refractivity contribution is -0.130. The fourth-order valence-electron chi connectivity index (χ4n) is 3.15. The van der Waals surface area contributed by atoms with E-state index >= 15 is 0 Å². The van der Waals surface area contributed by atoms with Crippen molar-refractivity contribution in [3.05, 3.63) is 69.2 Å². The third kappa shape index (κ3) is 4.37. The number of halogens is 2. The Kier molecular flexibility index (Phi) is 5.84. The molecule has 0 saturated heterocycles. The first-order chi connectivity index (χ1) is 12.4. The smallest absolute Gasteiger partial charge is 0.339 e. The van der Waals surface area contributed by atoms with E-state index in [4.69, 9.17) is 27.9 Å². The molecule has 2 atom stereocenters. The highest BCUT2D eigenvalue weighted by Gasteiger charge is 2.25. The summed E-state index contributed by atoms with van der Waals surface area (Å²) in [7, 11) is 0. The van der Waals surface area contributed by atoms with Gasteiger partial charge >= 0.3 is 5.97 Å². The molecule has 0 bridgehead atoms. The van der Waals surface area contributed by atoms with Gasteiger partial charge in [-0.2, -0.15) is 0 Å². The fraction of sp³-hybridized carbons (Fsp3) is 0.300. The summed E-state index contributed by atoms with van der Waals surface area (Å²) in [6.45, 7) is 1.55. The first-order valence-corrected chi connectivity index (χ1v) is 9.25. The van der Waals surface area contributed by atoms with Gasteiger partial charge in [0.05, 0.1) is 11.6 Å². The number of aryl methyl sites for hydroxylation is 1. The molecule has 1 aliphatic carbocycles. The van der Waals surface area contributed by atoms with Crippen molar-refractivity contribution in [2.45, 2.75) is 38.3 Å². The van der Waals surface area contributed by atoms with Crippen LogP contribution in [-0.4, -0.2) is 18.0 Å². The normalized spacial score (nSPS) is 17.1. The van der Waals surface area contributed by atoms with Crippen LogP contribution in [0.5, 0.6) is 0 Å². The summed E-state index contributed by atoms with van der Waals surface area (Å²) in [6, 6.07) is 12.5. The van der Waals surface area contributed by atoms with Crippen LogP contribution < -0.4 is 5.32 Å². The number of esters is 1. The minimum atomic E-state index is -0.922. The number of carbonyl (C=O) groups is 2. The lowest BCUT2D eigenvalue weighted by Crippen LogP contribution is -2.39. The number of hydrogen-bond donors (Lipinski definition) is 1. The molecule has 2 aromatic carbocycles. The predicted octanol–water partition coefficient (Wildman–Crippen LogP) is 4.73. The number of benzene rings is 2. The number of fused-ring (bicyclic) bond motifs is 1. The third-order valence-electron chi connectivity index (χ3n) is 4.44. The molecular formula is C20H19Cl2NO3. The number of hydrogen-bond acceptors (Lipinski definition) is 3. The van der Waals surface area contributed by atoms with Gasteiger partial charge < -0.3 is 10.1 Å². The maximum absolute atomic E-state index is 12.5. The average Bonchev–Trinajstić information content (AvgIpc) is 2.61. The van der Waals surface area contributed by atoms with Crippen LogP contribution in [0, 0.1) is 0 Å². The number of amides is 1. The van der Waals surface area contributed by atoms with Crippen LogP contribution in [0.15, 0.2) is 42.5 Å². The standard InChI is InChI=1S/C20H19Cl2NO3/c1-12(26-20(25)14-9-15(21)11-16(22)10-14)19(24)23-18-8-4-6-13-5-2-3-7-17(13)18/h2-3,5,7,9-12,18H,4,6,8H2,1H3,(H,23,24)/t12-,18-/m0/s1. The molecule has 26 heavy (non-hydrogen) atoms. The van der Waals surface area contributed by atoms with Gasteiger partial charge in [-0.1, -0.05) is 47.5 Å². The molecule has 0 aliphatic heterocycles. The highest BCUT2D eigenvalue weighted by Crippen LogP contribution is 2.29. The van der Waals surface area contributed by atoms with Crippen LogP contribution in [0.25, 0.3) is 0 Å². The maximum Gasteiger partial charge on any atom is 0.339 e. The molecule has 0 spiro atoms. The van der Waals surface area contributed by atoms with E-state index in [0.717, 1.165) is 24.8 Å². The van der Waals surface area contributed by atoms with Gasteiger partial charge in [-0.05, 0) is 55.5 Å². The molecule has 0 heterocycles. The molecule has 6 heteroatoms. The van der Waals surface area contributed by atoms with Gasteiger partial charge in [0.15, 0.2) is 6.10 Å². The summed E-state index contributed by atoms with van der Waals surface area (Å²) in [5, 5.41) is 3.65. The quantitative estimate of drug-likeness (QED) is 0.766. The molecule has 0 unspecified atom stereocenters. The van der Waals surface area contributed by atoms with Crippen LogP contribution in [0.2, 0.25) is 10.0 Å². The Morgan fingerprint density at radius 1 is 1.15 bits per heavy atom. The van der Waals surface area contributed by atoms with E-state index in [-0.39, 0.29) is 17.5 Å². The highest BCUT2D eigenvalue weighted by molar-refractivity contribution is 6.35. The summed E-state index contributed by atoms with van der Waals surface area (Å²) in [4.78, 5) is 24.7. The zero-order valence-corrected chi connectivity index (χ0v) is 15.8. The van der Waals surface area contributed by atoms with E-state index in [0.29, 0.717) is 10.0 Å². The van der Waals surface area contributed by atoms with E-state index in [1.165, 1.54) is 23.8 Å². The molecule has 1 N–H and O–H groups in total. The number of rotatable bonds is 4. The highest BCUT2D eigenvalue weighted by atomic mass is 35.5. The van der Waals surface area contributed by atoms with Crippen LogP contribution in [0.1, 0.15) is 47.3 Å². The van der Waals surface area contributed by atoms with Crippen LogP contribution in [0.4, 0.5) is 0 Å². The van der Waals surface area contributed by atoms with Crippen molar-refractivity contribution in [3.63, 3.8) is 0 Å². The van der Waals surface area contributed by atoms with Gasteiger partial charge in [0.1, 0.15) is 0 Å². The zero-order chi connectivity index (χ0) is 18.7. The molecule has 0 saturated carbocycles. The lowest BCUT2D eigenvalue weighted by atomic mass is 9.87. The van der Waals surface area contributed by atoms with Gasteiger partial charge in [0.25, 0.3) is 5.91 Å². The molecule has 1 amide bonds. The van der Waals surface area contributed by atoms with E-state index in [2.05, 4.69) is 11.4 Å². The minimum absolute atomic E-state index is 0.0609. The topological polar surface area (TPSA) is 55.4 Å². The molecule has 3 rings (SSSR count). The predicted molar refractivity (Wildman–Crippen MR) is 102 cm³/mol. The molecule has 4 nitrogen and oxygen atoms in total. The zero-order valence-electron chi connectivity index (χ0n) is 14.3. The van der Waals surface area contributed by atoms with Gasteiger partial charge in [0, 0.05) is 10.0 Å². The first-order valence-electron chi connectivity index (χ1n) is 8.49. The summed E-state index contributed by atoms with van der Waals surface area (Å²) in [5.41, 5.74) is 2.60. The van der Waals surface area contributed by atoms with E-state index in [1.54, 1.807) is 6.92 Å². The van der Waals surface area contributed by atoms with Gasteiger partial charge in [-0.25, -0.2) is 4.79 Å². The van der Waals surface area contributed by atoms with Crippen LogP contribution in [0.3, 0.4) is 0 Å². The number of ether oxygens (including phenoxy) is 1. The molecular weight excluding hydrogens is 373 g/mol. The minimum Gasteiger partial charge on any atom is -0.449 e. The Labute approximate surface area is 162 Å². The maximum atomic E-state index is 12.5. The van der Waals surface area contributed by atoms with Crippen molar-refractivity contribution in [1.29, 1.82) is 0 Å². The Hall–Kier alpha value is -2.04. The SMILES string of the molecule is C[C@H](OC(=O)c1cc(Cl)cc(Cl)c1)C(=O)N[C@H]1CCCc2ccccc21. The van der Waals surface area contributed by atoms with Crippen LogP contribution in [-0.2, 0) is 16.0 Å². The van der Waals surface area contributed by atoms with Crippen LogP contribution >= 0.6 is 23.2 Å². The van der Waals surface area contributed by atoms with Gasteiger partial charge in [-0.15, -0.1) is 0 Å². The Balaban J connectivity index is 1.64. The Bertz CT molecular complexity index is 817. The molecule has 0 radical (unpaired) electrons. The average molecular weight is 392 g/mol. The van der Waals surface area contributed by atoms with E-state index < -0.39 is 12.1 Å². The lowest BCUT2D eigenvalue weighted by Gasteiger charge is -2.27. The molecule has 1 aliphatic rings. The van der Waals surface area contributed by atoms with Crippen molar-refractivity contribution in [2.24, 2.45) is 0 Å². The van der Waals surface area contributed by atoms with Crippen molar-refractivity contribution < 1.29 is 14.3 Å². The van der Waals surface area contributed by atoms with E-state index in [1.807, 2.05) is 18.2 Å². The second-order valence-electron chi connectivity index (χ2n) is 6.36. The summed E-state index contributed by atoms with van der Waals surface area (Å²) >= 11 is 11.8. The Morgan fingerprint density at radius 3 is 2.58 bits per heavy atom. The van der Waals surface area contributed by atoms with Crippen molar-refractivity contribution >= 4 is 35.1 Å². The fourth-order valence-corrected chi connectivity index (χ4v) is 3.67. The van der Waals surface area contributed by atoms with Crippen molar-refractivity contribution in [1.82, 2.24) is 5.32 Å². The number of carbonyl (C=O) groups excluding carboxylic acids is 2. The number of nitrogens with one attached hydrogen (secondary N) is 1. The van der Waals surface area contributed by atoms with Gasteiger partial charge in [0.2, 0.25) is 0 Å². The largest absolute Gasteiger partial charge is 0.449 e. The first kappa shape index (κ1) is 18.7. The second-order valence-corrected chi connectivity index (χ2v) is 7.23. The summed E-state index contributed by atoms with van der Waals surface area (Å²) in [6.07, 6.45) is 1.97. The monoisotopic (exact) mass is 391 g/mol. The summed E-state index contributed by atoms with van der Waals surface area (Å²) < 4.78 is 5.27. The molecule has 2 aromatic rings. The third-order valence-corrected chi connectivity index (χ3v) is 4.87. The summed E-state index contributed by atoms with van der Waals surface area (Å²) in [5.74, 6) is -0.964. The molecule has 0 aromatic heterocycles. The van der Waals surface area contributed by atoms with Crippen molar-refractivity contribution in [2.75, 3.05) is 0 Å². The Morgan fingerprint density at radius 2 is 1.85 bits per heavy atom. The second kappa shape index (κ2) is 8.11. The van der Waals surface area contributed by atoms with E-state index in [9.17, 15) is 9.59 Å². The van der Waals surface area contributed by atoms with Gasteiger partial charge in [-0.3, -0.25) is 4.79 Å². The van der Waals surface area contributed by atoms with Crippen molar-refractivity contribution in [3.8, 4) is 0 Å².